The van der Waals surface area contributed by atoms with Crippen LogP contribution < -0.4 is 5.32 Å². The van der Waals surface area contributed by atoms with Crippen LogP contribution in [0, 0.1) is 5.92 Å². The number of hydrogen-bond donors (Lipinski definition) is 2. The average Bonchev–Trinajstić information content (AvgIpc) is 3.29. The van der Waals surface area contributed by atoms with E-state index in [0.29, 0.717) is 18.0 Å². The third-order valence-corrected chi connectivity index (χ3v) is 6.72. The van der Waals surface area contributed by atoms with Gasteiger partial charge in [-0.1, -0.05) is 60.7 Å². The molecule has 3 aliphatic heterocycles. The molecule has 2 bridgehead atoms. The highest BCUT2D eigenvalue weighted by Gasteiger charge is 2.46. The Hall–Kier alpha value is -2.36. The number of rotatable bonds is 6. The lowest BCUT2D eigenvalue weighted by molar-refractivity contribution is 0.00458. The average molecular weight is 372 g/mol. The number of piperidine rings is 3. The monoisotopic (exact) mass is 371 g/mol. The van der Waals surface area contributed by atoms with Crippen molar-refractivity contribution in [2.24, 2.45) is 5.92 Å². The Balaban J connectivity index is 1.51. The fraction of sp³-hybridized carbons (Fsp3) is 0.360. The van der Waals surface area contributed by atoms with Gasteiger partial charge >= 0.3 is 0 Å². The van der Waals surface area contributed by atoms with Gasteiger partial charge in [-0.15, -0.1) is 0 Å². The Bertz CT molecular complexity index is 812. The second-order valence-electron chi connectivity index (χ2n) is 8.27. The lowest BCUT2D eigenvalue weighted by Gasteiger charge is -2.54. The van der Waals surface area contributed by atoms with Crippen LogP contribution in [-0.4, -0.2) is 35.1 Å². The standard InChI is InChI=1S/C25H29N3/c1-3-8-19(9-4-1)23(20-10-5-2-6-11-20)25-24(21-13-16-28(25)17-14-21)27-18-22-12-7-15-26-22/h1-12,15,21,23-27H,13-14,16-18H2. The molecule has 3 heteroatoms. The van der Waals surface area contributed by atoms with E-state index >= 15 is 0 Å². The minimum Gasteiger partial charge on any atom is -0.364 e. The molecule has 2 N–H and O–H groups in total. The van der Waals surface area contributed by atoms with Gasteiger partial charge in [0.25, 0.3) is 0 Å². The molecule has 144 valence electrons. The Morgan fingerprint density at radius 1 is 0.857 bits per heavy atom. The molecule has 2 unspecified atom stereocenters. The number of aromatic nitrogens is 1. The molecule has 0 saturated carbocycles. The van der Waals surface area contributed by atoms with Crippen LogP contribution in [0.5, 0.6) is 0 Å². The number of fused-ring (bicyclic) bond motifs is 3. The van der Waals surface area contributed by atoms with Gasteiger partial charge in [-0.05, 0) is 55.1 Å². The van der Waals surface area contributed by atoms with Crippen molar-refractivity contribution in [2.45, 2.75) is 37.4 Å². The first-order chi connectivity index (χ1) is 13.9. The minimum atomic E-state index is 0.395. The molecule has 3 aromatic rings. The van der Waals surface area contributed by atoms with Crippen molar-refractivity contribution >= 4 is 0 Å². The maximum absolute atomic E-state index is 3.95. The molecule has 3 fully saturated rings. The van der Waals surface area contributed by atoms with E-state index in [1.54, 1.807) is 0 Å². The summed E-state index contributed by atoms with van der Waals surface area (Å²) in [5.74, 6) is 1.16. The van der Waals surface area contributed by atoms with E-state index in [2.05, 4.69) is 88.0 Å². The highest BCUT2D eigenvalue weighted by molar-refractivity contribution is 5.36. The first kappa shape index (κ1) is 17.7. The maximum Gasteiger partial charge on any atom is 0.0361 e. The Morgan fingerprint density at radius 3 is 2.07 bits per heavy atom. The smallest absolute Gasteiger partial charge is 0.0361 e. The van der Waals surface area contributed by atoms with Gasteiger partial charge in [-0.3, -0.25) is 4.90 Å². The quantitative estimate of drug-likeness (QED) is 0.673. The molecular weight excluding hydrogens is 342 g/mol. The van der Waals surface area contributed by atoms with Crippen molar-refractivity contribution in [3.8, 4) is 0 Å². The molecule has 2 atom stereocenters. The predicted molar refractivity (Wildman–Crippen MR) is 114 cm³/mol. The first-order valence-corrected chi connectivity index (χ1v) is 10.6. The number of aromatic amines is 1. The minimum absolute atomic E-state index is 0.395. The van der Waals surface area contributed by atoms with Crippen molar-refractivity contribution in [1.29, 1.82) is 0 Å². The van der Waals surface area contributed by atoms with Gasteiger partial charge in [-0.2, -0.15) is 0 Å². The van der Waals surface area contributed by atoms with Crippen LogP contribution in [0.2, 0.25) is 0 Å². The normalized spacial score (nSPS) is 26.6. The predicted octanol–water partition coefficient (Wildman–Crippen LogP) is 4.40. The van der Waals surface area contributed by atoms with Crippen molar-refractivity contribution in [3.05, 3.63) is 95.8 Å². The summed E-state index contributed by atoms with van der Waals surface area (Å²) in [6, 6.07) is 27.5. The number of H-pyrrole nitrogens is 1. The zero-order valence-electron chi connectivity index (χ0n) is 16.3. The highest BCUT2D eigenvalue weighted by Crippen LogP contribution is 2.42. The van der Waals surface area contributed by atoms with Crippen molar-refractivity contribution in [1.82, 2.24) is 15.2 Å². The lowest BCUT2D eigenvalue weighted by atomic mass is 9.70. The zero-order chi connectivity index (χ0) is 18.8. The second kappa shape index (κ2) is 7.94. The van der Waals surface area contributed by atoms with Gasteiger partial charge in [0, 0.05) is 36.4 Å². The summed E-state index contributed by atoms with van der Waals surface area (Å²) < 4.78 is 0. The third-order valence-electron chi connectivity index (χ3n) is 6.72. The van der Waals surface area contributed by atoms with Gasteiger partial charge in [0.05, 0.1) is 0 Å². The van der Waals surface area contributed by atoms with Crippen LogP contribution in [-0.2, 0) is 6.54 Å². The molecular formula is C25H29N3. The lowest BCUT2D eigenvalue weighted by Crippen LogP contribution is -2.64. The van der Waals surface area contributed by atoms with Crippen LogP contribution in [0.15, 0.2) is 79.0 Å². The number of nitrogens with one attached hydrogen (secondary N) is 2. The van der Waals surface area contributed by atoms with E-state index in [-0.39, 0.29) is 0 Å². The topological polar surface area (TPSA) is 31.1 Å². The highest BCUT2D eigenvalue weighted by atomic mass is 15.2. The molecule has 28 heavy (non-hydrogen) atoms. The number of benzene rings is 2. The van der Waals surface area contributed by atoms with E-state index in [9.17, 15) is 0 Å². The molecule has 0 amide bonds. The molecule has 3 aliphatic rings. The van der Waals surface area contributed by atoms with Gasteiger partial charge in [0.2, 0.25) is 0 Å². The molecule has 4 heterocycles. The fourth-order valence-electron chi connectivity index (χ4n) is 5.40. The first-order valence-electron chi connectivity index (χ1n) is 10.6. The van der Waals surface area contributed by atoms with Crippen LogP contribution in [0.25, 0.3) is 0 Å². The second-order valence-corrected chi connectivity index (χ2v) is 8.27. The molecule has 1 aromatic heterocycles. The molecule has 0 aliphatic carbocycles. The van der Waals surface area contributed by atoms with Crippen molar-refractivity contribution in [3.63, 3.8) is 0 Å². The molecule has 2 aromatic carbocycles. The van der Waals surface area contributed by atoms with Gasteiger partial charge < -0.3 is 10.3 Å². The van der Waals surface area contributed by atoms with Crippen LogP contribution in [0.1, 0.15) is 35.6 Å². The molecule has 3 saturated heterocycles. The van der Waals surface area contributed by atoms with Crippen LogP contribution >= 0.6 is 0 Å². The van der Waals surface area contributed by atoms with Crippen LogP contribution in [0.3, 0.4) is 0 Å². The Kier molecular flexibility index (Phi) is 5.03. The summed E-state index contributed by atoms with van der Waals surface area (Å²) in [5, 5.41) is 3.95. The zero-order valence-corrected chi connectivity index (χ0v) is 16.3. The molecule has 3 nitrogen and oxygen atoms in total. The Labute approximate surface area is 167 Å². The summed E-state index contributed by atoms with van der Waals surface area (Å²) in [6.45, 7) is 3.37. The van der Waals surface area contributed by atoms with Gasteiger partial charge in [-0.25, -0.2) is 0 Å². The van der Waals surface area contributed by atoms with E-state index in [1.807, 2.05) is 6.20 Å². The van der Waals surface area contributed by atoms with E-state index in [0.717, 1.165) is 12.5 Å². The fourth-order valence-corrected chi connectivity index (χ4v) is 5.40. The summed E-state index contributed by atoms with van der Waals surface area (Å²) in [7, 11) is 0. The number of nitrogens with zero attached hydrogens (tertiary/aromatic N) is 1. The molecule has 0 spiro atoms. The summed E-state index contributed by atoms with van der Waals surface area (Å²) >= 11 is 0. The summed E-state index contributed by atoms with van der Waals surface area (Å²) in [4.78, 5) is 6.10. The SMILES string of the molecule is c1ccc(C(c2ccccc2)C2C(NCc3ccc[nH]3)C3CCN2CC3)cc1. The summed E-state index contributed by atoms with van der Waals surface area (Å²) in [5.41, 5.74) is 4.13. The largest absolute Gasteiger partial charge is 0.364 e. The Morgan fingerprint density at radius 2 is 1.50 bits per heavy atom. The van der Waals surface area contributed by atoms with Gasteiger partial charge in [0.1, 0.15) is 0 Å². The molecule has 6 rings (SSSR count). The van der Waals surface area contributed by atoms with Gasteiger partial charge in [0.15, 0.2) is 0 Å². The van der Waals surface area contributed by atoms with E-state index in [1.165, 1.54) is 42.8 Å². The van der Waals surface area contributed by atoms with Crippen LogP contribution in [0.4, 0.5) is 0 Å². The summed E-state index contributed by atoms with van der Waals surface area (Å²) in [6.07, 6.45) is 4.64. The maximum atomic E-state index is 3.95. The van der Waals surface area contributed by atoms with Crippen molar-refractivity contribution in [2.75, 3.05) is 13.1 Å². The number of hydrogen-bond acceptors (Lipinski definition) is 2. The third kappa shape index (κ3) is 3.41. The van der Waals surface area contributed by atoms with Crippen molar-refractivity contribution < 1.29 is 0 Å². The molecule has 0 radical (unpaired) electrons. The van der Waals surface area contributed by atoms with E-state index in [4.69, 9.17) is 0 Å². The van der Waals surface area contributed by atoms with E-state index < -0.39 is 0 Å².